The van der Waals surface area contributed by atoms with E-state index in [1.807, 2.05) is 6.92 Å². The molecule has 0 fully saturated rings. The SMILES string of the molecule is CCCC1=CCC(C(C)C(C)=O)C=C1. The molecule has 0 heterocycles. The van der Waals surface area contributed by atoms with Gasteiger partial charge in [-0.25, -0.2) is 0 Å². The Bertz CT molecular complexity index is 260. The lowest BCUT2D eigenvalue weighted by Gasteiger charge is -2.20. The molecular formula is C13H20O. The molecule has 1 aliphatic carbocycles. The van der Waals surface area contributed by atoms with Gasteiger partial charge in [0.2, 0.25) is 0 Å². The predicted octanol–water partition coefficient (Wildman–Crippen LogP) is 3.51. The molecule has 0 radical (unpaired) electrons. The Balaban J connectivity index is 2.51. The average molecular weight is 192 g/mol. The molecule has 2 unspecified atom stereocenters. The number of Topliss-reactive ketones (excluding diaryl/α,β-unsaturated/α-hetero) is 1. The van der Waals surface area contributed by atoms with Gasteiger partial charge in [-0.15, -0.1) is 0 Å². The summed E-state index contributed by atoms with van der Waals surface area (Å²) in [7, 11) is 0. The third-order valence-corrected chi connectivity index (χ3v) is 3.03. The standard InChI is InChI=1S/C13H20O/c1-4-5-12-6-8-13(9-7-12)10(2)11(3)14/h6-8,10,13H,4-5,9H2,1-3H3. The van der Waals surface area contributed by atoms with Gasteiger partial charge in [-0.2, -0.15) is 0 Å². The summed E-state index contributed by atoms with van der Waals surface area (Å²) in [5, 5.41) is 0. The van der Waals surface area contributed by atoms with Crippen molar-refractivity contribution >= 4 is 5.78 Å². The van der Waals surface area contributed by atoms with Gasteiger partial charge in [-0.05, 0) is 25.7 Å². The average Bonchev–Trinajstić information content (AvgIpc) is 2.18. The number of hydrogen-bond acceptors (Lipinski definition) is 1. The van der Waals surface area contributed by atoms with E-state index in [1.165, 1.54) is 12.0 Å². The fourth-order valence-corrected chi connectivity index (χ4v) is 1.83. The first kappa shape index (κ1) is 11.2. The molecule has 1 heteroatoms. The first-order valence-electron chi connectivity index (χ1n) is 5.52. The van der Waals surface area contributed by atoms with Crippen LogP contribution in [0.3, 0.4) is 0 Å². The first-order valence-corrected chi connectivity index (χ1v) is 5.52. The zero-order valence-electron chi connectivity index (χ0n) is 9.42. The number of allylic oxidation sites excluding steroid dienone is 4. The van der Waals surface area contributed by atoms with Crippen LogP contribution in [0.5, 0.6) is 0 Å². The van der Waals surface area contributed by atoms with Crippen molar-refractivity contribution < 1.29 is 4.79 Å². The maximum Gasteiger partial charge on any atom is 0.133 e. The van der Waals surface area contributed by atoms with Gasteiger partial charge >= 0.3 is 0 Å². The quantitative estimate of drug-likeness (QED) is 0.666. The van der Waals surface area contributed by atoms with Crippen LogP contribution in [0.2, 0.25) is 0 Å². The Morgan fingerprint density at radius 2 is 2.36 bits per heavy atom. The van der Waals surface area contributed by atoms with Crippen LogP contribution in [-0.4, -0.2) is 5.78 Å². The van der Waals surface area contributed by atoms with Gasteiger partial charge < -0.3 is 0 Å². The van der Waals surface area contributed by atoms with Crippen molar-refractivity contribution in [3.8, 4) is 0 Å². The first-order chi connectivity index (χ1) is 6.65. The zero-order valence-corrected chi connectivity index (χ0v) is 9.42. The monoisotopic (exact) mass is 192 g/mol. The smallest absolute Gasteiger partial charge is 0.133 e. The van der Waals surface area contributed by atoms with Gasteiger partial charge in [0.25, 0.3) is 0 Å². The van der Waals surface area contributed by atoms with E-state index in [1.54, 1.807) is 6.92 Å². The zero-order chi connectivity index (χ0) is 10.6. The lowest BCUT2D eigenvalue weighted by Crippen LogP contribution is -2.17. The molecule has 2 atom stereocenters. The van der Waals surface area contributed by atoms with Crippen LogP contribution in [0.25, 0.3) is 0 Å². The Labute approximate surface area is 86.9 Å². The van der Waals surface area contributed by atoms with E-state index >= 15 is 0 Å². The molecule has 0 aliphatic heterocycles. The molecule has 0 aromatic carbocycles. The summed E-state index contributed by atoms with van der Waals surface area (Å²) in [5.74, 6) is 0.894. The topological polar surface area (TPSA) is 17.1 Å². The fraction of sp³-hybridized carbons (Fsp3) is 0.615. The van der Waals surface area contributed by atoms with E-state index in [2.05, 4.69) is 25.2 Å². The number of carbonyl (C=O) groups is 1. The highest BCUT2D eigenvalue weighted by Crippen LogP contribution is 2.25. The molecule has 78 valence electrons. The van der Waals surface area contributed by atoms with Crippen molar-refractivity contribution in [2.45, 2.75) is 40.0 Å². The summed E-state index contributed by atoms with van der Waals surface area (Å²) in [6.45, 7) is 5.90. The van der Waals surface area contributed by atoms with E-state index in [0.29, 0.717) is 11.7 Å². The van der Waals surface area contributed by atoms with E-state index in [9.17, 15) is 4.79 Å². The minimum absolute atomic E-state index is 0.172. The van der Waals surface area contributed by atoms with E-state index in [0.717, 1.165) is 12.8 Å². The summed E-state index contributed by atoms with van der Waals surface area (Å²) in [6, 6.07) is 0. The third-order valence-electron chi connectivity index (χ3n) is 3.03. The lowest BCUT2D eigenvalue weighted by molar-refractivity contribution is -0.121. The number of hydrogen-bond donors (Lipinski definition) is 0. The van der Waals surface area contributed by atoms with Crippen LogP contribution in [0, 0.1) is 11.8 Å². The summed E-state index contributed by atoms with van der Waals surface area (Å²) in [6.07, 6.45) is 10.1. The number of rotatable bonds is 4. The Morgan fingerprint density at radius 1 is 1.64 bits per heavy atom. The molecule has 0 aromatic heterocycles. The van der Waals surface area contributed by atoms with Crippen LogP contribution in [0.15, 0.2) is 23.8 Å². The predicted molar refractivity (Wildman–Crippen MR) is 60.1 cm³/mol. The molecule has 14 heavy (non-hydrogen) atoms. The Kier molecular flexibility index (Phi) is 4.12. The van der Waals surface area contributed by atoms with Crippen molar-refractivity contribution in [3.63, 3.8) is 0 Å². The minimum atomic E-state index is 0.172. The van der Waals surface area contributed by atoms with E-state index in [-0.39, 0.29) is 5.92 Å². The second-order valence-corrected chi connectivity index (χ2v) is 4.19. The fourth-order valence-electron chi connectivity index (χ4n) is 1.83. The molecular weight excluding hydrogens is 172 g/mol. The van der Waals surface area contributed by atoms with Crippen molar-refractivity contribution in [2.75, 3.05) is 0 Å². The number of ketones is 1. The molecule has 1 nitrogen and oxygen atoms in total. The van der Waals surface area contributed by atoms with Gasteiger partial charge in [0.05, 0.1) is 0 Å². The van der Waals surface area contributed by atoms with Crippen molar-refractivity contribution in [2.24, 2.45) is 11.8 Å². The van der Waals surface area contributed by atoms with E-state index in [4.69, 9.17) is 0 Å². The summed E-state index contributed by atoms with van der Waals surface area (Å²) < 4.78 is 0. The minimum Gasteiger partial charge on any atom is -0.300 e. The molecule has 0 amide bonds. The van der Waals surface area contributed by atoms with Gasteiger partial charge in [0.1, 0.15) is 5.78 Å². The molecule has 0 saturated carbocycles. The third kappa shape index (κ3) is 2.83. The van der Waals surface area contributed by atoms with Gasteiger partial charge in [0.15, 0.2) is 0 Å². The molecule has 0 aromatic rings. The van der Waals surface area contributed by atoms with Gasteiger partial charge in [-0.3, -0.25) is 4.79 Å². The lowest BCUT2D eigenvalue weighted by atomic mass is 9.84. The Hall–Kier alpha value is -0.850. The molecule has 0 spiro atoms. The van der Waals surface area contributed by atoms with Crippen molar-refractivity contribution in [1.29, 1.82) is 0 Å². The van der Waals surface area contributed by atoms with Gasteiger partial charge in [0, 0.05) is 5.92 Å². The second-order valence-electron chi connectivity index (χ2n) is 4.19. The highest BCUT2D eigenvalue weighted by molar-refractivity contribution is 5.78. The Morgan fingerprint density at radius 3 is 2.79 bits per heavy atom. The van der Waals surface area contributed by atoms with E-state index < -0.39 is 0 Å². The van der Waals surface area contributed by atoms with Crippen molar-refractivity contribution in [1.82, 2.24) is 0 Å². The maximum absolute atomic E-state index is 11.2. The summed E-state index contributed by atoms with van der Waals surface area (Å²) >= 11 is 0. The molecule has 0 N–H and O–H groups in total. The van der Waals surface area contributed by atoms with Crippen molar-refractivity contribution in [3.05, 3.63) is 23.8 Å². The summed E-state index contributed by atoms with van der Waals surface area (Å²) in [5.41, 5.74) is 1.43. The van der Waals surface area contributed by atoms with Crippen LogP contribution in [0.4, 0.5) is 0 Å². The van der Waals surface area contributed by atoms with Gasteiger partial charge in [-0.1, -0.05) is 44.1 Å². The molecule has 0 saturated heterocycles. The molecule has 1 rings (SSSR count). The van der Waals surface area contributed by atoms with Crippen LogP contribution in [0.1, 0.15) is 40.0 Å². The highest BCUT2D eigenvalue weighted by atomic mass is 16.1. The normalized spacial score (nSPS) is 23.1. The molecule has 1 aliphatic rings. The number of carbonyl (C=O) groups excluding carboxylic acids is 1. The maximum atomic E-state index is 11.2. The molecule has 0 bridgehead atoms. The van der Waals surface area contributed by atoms with Crippen LogP contribution >= 0.6 is 0 Å². The largest absolute Gasteiger partial charge is 0.300 e. The van der Waals surface area contributed by atoms with Crippen LogP contribution < -0.4 is 0 Å². The second kappa shape index (κ2) is 5.14. The highest BCUT2D eigenvalue weighted by Gasteiger charge is 2.19. The van der Waals surface area contributed by atoms with Crippen LogP contribution in [-0.2, 0) is 4.79 Å². The summed E-state index contributed by atoms with van der Waals surface area (Å²) in [4.78, 5) is 11.2.